The second kappa shape index (κ2) is 13.5. The van der Waals surface area contributed by atoms with Crippen molar-refractivity contribution >= 4 is 5.91 Å². The molecule has 0 spiro atoms. The summed E-state index contributed by atoms with van der Waals surface area (Å²) < 4.78 is 10.5. The molecule has 0 unspecified atom stereocenters. The van der Waals surface area contributed by atoms with Gasteiger partial charge in [0.1, 0.15) is 5.75 Å². The fourth-order valence-corrected chi connectivity index (χ4v) is 2.78. The van der Waals surface area contributed by atoms with E-state index in [1.165, 1.54) is 11.9 Å². The molecule has 1 heterocycles. The molecule has 2 aromatic rings. The number of ether oxygens (including phenoxy) is 2. The van der Waals surface area contributed by atoms with Crippen LogP contribution >= 0.6 is 0 Å². The smallest absolute Gasteiger partial charge is 0.255 e. The molecule has 0 aliphatic heterocycles. The number of carbonyl (C=O) groups excluding carboxylic acids is 1. The number of benzene rings is 1. The van der Waals surface area contributed by atoms with E-state index in [9.17, 15) is 4.79 Å². The summed E-state index contributed by atoms with van der Waals surface area (Å²) in [5.74, 6) is 1.32. The van der Waals surface area contributed by atoms with E-state index in [0.717, 1.165) is 22.5 Å². The number of nitrogens with zero attached hydrogens (tertiary/aromatic N) is 4. The molecule has 1 aromatic heterocycles. The first-order valence-corrected chi connectivity index (χ1v) is 11.1. The van der Waals surface area contributed by atoms with Crippen LogP contribution in [0.15, 0.2) is 90.3 Å². The maximum atomic E-state index is 12.9. The molecule has 1 amide bonds. The van der Waals surface area contributed by atoms with Crippen molar-refractivity contribution in [3.05, 3.63) is 95.9 Å². The van der Waals surface area contributed by atoms with Crippen LogP contribution in [-0.4, -0.2) is 46.9 Å². The Morgan fingerprint density at radius 1 is 1.20 bits per heavy atom. The van der Waals surface area contributed by atoms with E-state index in [1.54, 1.807) is 31.4 Å². The molecule has 0 fully saturated rings. The standard InChI is InChI=1S/C27H33N5O3/c1-8-19(3)10-11-20(4)17-28-27(33)24-16-23(14-15-25(24)35-7)26-29-31-32(30-26)18-22(9-2)13-12-21(5)34-6/h8-16H,2,4,17-18H2,1,3,5-7H3,(H,28,33)/b11-10-,19-8-,21-12+,22-13+. The molecular weight excluding hydrogens is 442 g/mol. The molecule has 8 nitrogen and oxygen atoms in total. The highest BCUT2D eigenvalue weighted by Gasteiger charge is 2.16. The molecular formula is C27H33N5O3. The Hall–Kier alpha value is -4.20. The number of tetrazole rings is 1. The van der Waals surface area contributed by atoms with Crippen LogP contribution < -0.4 is 10.1 Å². The Kier molecular flexibility index (Phi) is 10.4. The lowest BCUT2D eigenvalue weighted by molar-refractivity contribution is 0.0954. The lowest BCUT2D eigenvalue weighted by Gasteiger charge is -2.10. The molecule has 2 rings (SSSR count). The molecule has 0 atom stereocenters. The van der Waals surface area contributed by atoms with Gasteiger partial charge < -0.3 is 14.8 Å². The number of hydrogen-bond acceptors (Lipinski definition) is 6. The van der Waals surface area contributed by atoms with Gasteiger partial charge >= 0.3 is 0 Å². The Morgan fingerprint density at radius 3 is 2.63 bits per heavy atom. The summed E-state index contributed by atoms with van der Waals surface area (Å²) in [6.45, 7) is 14.3. The van der Waals surface area contributed by atoms with E-state index in [0.29, 0.717) is 35.8 Å². The van der Waals surface area contributed by atoms with Crippen molar-refractivity contribution in [1.82, 2.24) is 25.5 Å². The van der Waals surface area contributed by atoms with Gasteiger partial charge in [-0.25, -0.2) is 0 Å². The number of nitrogens with one attached hydrogen (secondary N) is 1. The van der Waals surface area contributed by atoms with Crippen LogP contribution in [0.5, 0.6) is 5.75 Å². The Morgan fingerprint density at radius 2 is 1.97 bits per heavy atom. The van der Waals surface area contributed by atoms with Gasteiger partial charge in [0.05, 0.1) is 32.1 Å². The molecule has 0 saturated heterocycles. The van der Waals surface area contributed by atoms with E-state index in [1.807, 2.05) is 51.2 Å². The Balaban J connectivity index is 2.18. The number of rotatable bonds is 12. The van der Waals surface area contributed by atoms with Crippen LogP contribution in [0.1, 0.15) is 31.1 Å². The van der Waals surface area contributed by atoms with Crippen molar-refractivity contribution in [1.29, 1.82) is 0 Å². The third-order valence-corrected chi connectivity index (χ3v) is 5.11. The number of aromatic nitrogens is 4. The van der Waals surface area contributed by atoms with E-state index in [2.05, 4.69) is 33.9 Å². The summed E-state index contributed by atoms with van der Waals surface area (Å²) in [5, 5.41) is 15.6. The quantitative estimate of drug-likeness (QED) is 0.350. The number of amides is 1. The topological polar surface area (TPSA) is 91.2 Å². The van der Waals surface area contributed by atoms with Gasteiger partial charge in [-0.1, -0.05) is 49.1 Å². The molecule has 0 bridgehead atoms. The summed E-state index contributed by atoms with van der Waals surface area (Å²) in [5.41, 5.74) is 3.79. The highest BCUT2D eigenvalue weighted by molar-refractivity contribution is 5.98. The first-order valence-electron chi connectivity index (χ1n) is 11.1. The minimum absolute atomic E-state index is 0.287. The minimum atomic E-state index is -0.287. The number of allylic oxidation sites excluding steroid dienone is 8. The second-order valence-corrected chi connectivity index (χ2v) is 7.69. The average Bonchev–Trinajstić information content (AvgIpc) is 3.35. The van der Waals surface area contributed by atoms with Crippen molar-refractivity contribution in [3.63, 3.8) is 0 Å². The zero-order chi connectivity index (χ0) is 25.8. The van der Waals surface area contributed by atoms with Gasteiger partial charge in [0, 0.05) is 12.1 Å². The van der Waals surface area contributed by atoms with Gasteiger partial charge in [-0.2, -0.15) is 4.80 Å². The SMILES string of the molecule is C=C/C(=C\C=C(/C)OC)Cn1nnc(-c2ccc(OC)c(C(=O)NCC(=C)/C=C\C(C)=C/C)c2)n1. The maximum absolute atomic E-state index is 12.9. The summed E-state index contributed by atoms with van der Waals surface area (Å²) in [7, 11) is 3.13. The van der Waals surface area contributed by atoms with Gasteiger partial charge in [0.25, 0.3) is 5.91 Å². The van der Waals surface area contributed by atoms with Gasteiger partial charge in [-0.15, -0.1) is 10.2 Å². The van der Waals surface area contributed by atoms with Gasteiger partial charge in [-0.05, 0) is 61.4 Å². The molecule has 184 valence electrons. The number of carbonyl (C=O) groups is 1. The molecule has 35 heavy (non-hydrogen) atoms. The van der Waals surface area contributed by atoms with E-state index < -0.39 is 0 Å². The Bertz CT molecular complexity index is 1190. The monoisotopic (exact) mass is 475 g/mol. The van der Waals surface area contributed by atoms with Gasteiger partial charge in [0.15, 0.2) is 0 Å². The molecule has 0 aliphatic rings. The van der Waals surface area contributed by atoms with Crippen LogP contribution in [-0.2, 0) is 11.3 Å². The van der Waals surface area contributed by atoms with Crippen LogP contribution in [0.3, 0.4) is 0 Å². The fourth-order valence-electron chi connectivity index (χ4n) is 2.78. The zero-order valence-corrected chi connectivity index (χ0v) is 21.0. The molecule has 0 radical (unpaired) electrons. The molecule has 1 aromatic carbocycles. The predicted molar refractivity (Wildman–Crippen MR) is 139 cm³/mol. The van der Waals surface area contributed by atoms with Crippen LogP contribution in [0.2, 0.25) is 0 Å². The van der Waals surface area contributed by atoms with Crippen LogP contribution in [0.4, 0.5) is 0 Å². The third kappa shape index (κ3) is 8.26. The lowest BCUT2D eigenvalue weighted by atomic mass is 10.1. The first-order chi connectivity index (χ1) is 16.8. The van der Waals surface area contributed by atoms with Crippen LogP contribution in [0, 0.1) is 0 Å². The lowest BCUT2D eigenvalue weighted by Crippen LogP contribution is -2.25. The summed E-state index contributed by atoms with van der Waals surface area (Å²) in [4.78, 5) is 14.3. The highest BCUT2D eigenvalue weighted by Crippen LogP contribution is 2.24. The average molecular weight is 476 g/mol. The third-order valence-electron chi connectivity index (χ3n) is 5.11. The second-order valence-electron chi connectivity index (χ2n) is 7.69. The van der Waals surface area contributed by atoms with Crippen molar-refractivity contribution in [2.24, 2.45) is 0 Å². The van der Waals surface area contributed by atoms with E-state index >= 15 is 0 Å². The van der Waals surface area contributed by atoms with E-state index in [-0.39, 0.29) is 5.91 Å². The summed E-state index contributed by atoms with van der Waals surface area (Å²) >= 11 is 0. The molecule has 1 N–H and O–H groups in total. The van der Waals surface area contributed by atoms with Crippen LogP contribution in [0.25, 0.3) is 11.4 Å². The van der Waals surface area contributed by atoms with E-state index in [4.69, 9.17) is 9.47 Å². The van der Waals surface area contributed by atoms with Crippen molar-refractivity contribution in [2.45, 2.75) is 27.3 Å². The summed E-state index contributed by atoms with van der Waals surface area (Å²) in [6, 6.07) is 5.18. The minimum Gasteiger partial charge on any atom is -0.501 e. The fraction of sp³-hybridized carbons (Fsp3) is 0.259. The normalized spacial score (nSPS) is 12.5. The highest BCUT2D eigenvalue weighted by atomic mass is 16.5. The first kappa shape index (κ1) is 27.0. The van der Waals surface area contributed by atoms with Gasteiger partial charge in [0.2, 0.25) is 5.82 Å². The Labute approximate surface area is 207 Å². The van der Waals surface area contributed by atoms with Crippen molar-refractivity contribution in [3.8, 4) is 17.1 Å². The largest absolute Gasteiger partial charge is 0.501 e. The molecule has 8 heteroatoms. The predicted octanol–water partition coefficient (Wildman–Crippen LogP) is 4.82. The van der Waals surface area contributed by atoms with Crippen molar-refractivity contribution < 1.29 is 14.3 Å². The zero-order valence-electron chi connectivity index (χ0n) is 21.0. The molecule has 0 aliphatic carbocycles. The van der Waals surface area contributed by atoms with Gasteiger partial charge in [-0.3, -0.25) is 4.79 Å². The maximum Gasteiger partial charge on any atom is 0.255 e. The number of hydrogen-bond donors (Lipinski definition) is 1. The molecule has 0 saturated carbocycles. The number of methoxy groups -OCH3 is 2. The van der Waals surface area contributed by atoms with Crippen molar-refractivity contribution in [2.75, 3.05) is 20.8 Å². The summed E-state index contributed by atoms with van der Waals surface area (Å²) in [6.07, 6.45) is 11.3.